The molecule has 1 N–H and O–H groups in total. The topological polar surface area (TPSA) is 32.3 Å². The van der Waals surface area contributed by atoms with E-state index >= 15 is 0 Å². The maximum Gasteiger partial charge on any atom is 0.222 e. The zero-order chi connectivity index (χ0) is 13.0. The van der Waals surface area contributed by atoms with Crippen LogP contribution in [0, 0.1) is 5.92 Å². The highest BCUT2D eigenvalue weighted by Gasteiger charge is 2.21. The van der Waals surface area contributed by atoms with E-state index in [1.54, 1.807) is 0 Å². The molecule has 0 radical (unpaired) electrons. The molecule has 0 aromatic heterocycles. The number of para-hydroxylation sites is 1. The Kier molecular flexibility index (Phi) is 4.24. The second-order valence-corrected chi connectivity index (χ2v) is 5.26. The molecule has 1 heterocycles. The van der Waals surface area contributed by atoms with Gasteiger partial charge in [0.2, 0.25) is 5.91 Å². The average Bonchev–Trinajstić information content (AvgIpc) is 2.40. The number of hydrogen-bond acceptors (Lipinski definition) is 2. The van der Waals surface area contributed by atoms with Crippen LogP contribution in [0.5, 0.6) is 0 Å². The molecule has 1 amide bonds. The van der Waals surface area contributed by atoms with E-state index in [4.69, 9.17) is 0 Å². The molecule has 1 aromatic rings. The van der Waals surface area contributed by atoms with Gasteiger partial charge in [-0.2, -0.15) is 0 Å². The van der Waals surface area contributed by atoms with Crippen LogP contribution in [0.1, 0.15) is 26.7 Å². The van der Waals surface area contributed by atoms with Gasteiger partial charge in [0.25, 0.3) is 0 Å². The van der Waals surface area contributed by atoms with Crippen LogP contribution in [0.15, 0.2) is 30.3 Å². The summed E-state index contributed by atoms with van der Waals surface area (Å²) in [5, 5.41) is 3.12. The second-order valence-electron chi connectivity index (χ2n) is 5.26. The molecule has 3 heteroatoms. The van der Waals surface area contributed by atoms with Crippen LogP contribution in [0.2, 0.25) is 0 Å². The van der Waals surface area contributed by atoms with Gasteiger partial charge in [-0.3, -0.25) is 4.79 Å². The number of carbonyl (C=O) groups excluding carboxylic acids is 1. The van der Waals surface area contributed by atoms with Gasteiger partial charge in [0, 0.05) is 30.7 Å². The van der Waals surface area contributed by atoms with Crippen LogP contribution in [-0.4, -0.2) is 25.0 Å². The fourth-order valence-electron chi connectivity index (χ4n) is 2.29. The Bertz CT molecular complexity index is 381. The number of rotatable bonds is 3. The van der Waals surface area contributed by atoms with E-state index in [-0.39, 0.29) is 11.8 Å². The van der Waals surface area contributed by atoms with E-state index in [9.17, 15) is 4.79 Å². The maximum absolute atomic E-state index is 11.6. The molecular weight excluding hydrogens is 224 g/mol. The van der Waals surface area contributed by atoms with Gasteiger partial charge in [-0.15, -0.1) is 0 Å². The molecule has 0 spiro atoms. The lowest BCUT2D eigenvalue weighted by Crippen LogP contribution is -2.45. The second kappa shape index (κ2) is 5.89. The molecule has 0 aliphatic carbocycles. The Morgan fingerprint density at radius 2 is 1.83 bits per heavy atom. The number of anilines is 1. The van der Waals surface area contributed by atoms with E-state index in [0.29, 0.717) is 6.04 Å². The SMILES string of the molecule is CC(C)C(=O)NC1CCN(c2ccccc2)CC1. The van der Waals surface area contributed by atoms with Crippen LogP contribution in [-0.2, 0) is 4.79 Å². The summed E-state index contributed by atoms with van der Waals surface area (Å²) >= 11 is 0. The van der Waals surface area contributed by atoms with Crippen molar-refractivity contribution in [2.75, 3.05) is 18.0 Å². The first-order valence-electron chi connectivity index (χ1n) is 6.77. The Balaban J connectivity index is 1.83. The molecule has 98 valence electrons. The zero-order valence-corrected chi connectivity index (χ0v) is 11.2. The maximum atomic E-state index is 11.6. The molecule has 0 bridgehead atoms. The lowest BCUT2D eigenvalue weighted by atomic mass is 10.0. The van der Waals surface area contributed by atoms with Gasteiger partial charge in [-0.05, 0) is 25.0 Å². The van der Waals surface area contributed by atoms with Crippen LogP contribution >= 0.6 is 0 Å². The van der Waals surface area contributed by atoms with Gasteiger partial charge in [-0.25, -0.2) is 0 Å². The fraction of sp³-hybridized carbons (Fsp3) is 0.533. The summed E-state index contributed by atoms with van der Waals surface area (Å²) in [6.45, 7) is 5.92. The van der Waals surface area contributed by atoms with Gasteiger partial charge < -0.3 is 10.2 Å². The molecule has 18 heavy (non-hydrogen) atoms. The minimum absolute atomic E-state index is 0.0807. The van der Waals surface area contributed by atoms with Crippen LogP contribution in [0.25, 0.3) is 0 Å². The molecule has 1 aliphatic rings. The third-order valence-corrected chi connectivity index (χ3v) is 3.49. The summed E-state index contributed by atoms with van der Waals surface area (Å²) < 4.78 is 0. The molecule has 0 unspecified atom stereocenters. The Hall–Kier alpha value is -1.51. The molecule has 0 atom stereocenters. The average molecular weight is 246 g/mol. The highest BCUT2D eigenvalue weighted by Crippen LogP contribution is 2.19. The first-order chi connectivity index (χ1) is 8.66. The number of amides is 1. The Labute approximate surface area is 109 Å². The van der Waals surface area contributed by atoms with Crippen LogP contribution < -0.4 is 10.2 Å². The summed E-state index contributed by atoms with van der Waals surface area (Å²) in [6, 6.07) is 10.8. The third-order valence-electron chi connectivity index (χ3n) is 3.49. The first kappa shape index (κ1) is 12.9. The summed E-state index contributed by atoms with van der Waals surface area (Å²) in [5.74, 6) is 0.255. The predicted molar refractivity (Wildman–Crippen MR) is 74.7 cm³/mol. The number of benzene rings is 1. The monoisotopic (exact) mass is 246 g/mol. The number of nitrogens with zero attached hydrogens (tertiary/aromatic N) is 1. The molecule has 1 aliphatic heterocycles. The number of carbonyl (C=O) groups is 1. The van der Waals surface area contributed by atoms with E-state index in [0.717, 1.165) is 25.9 Å². The van der Waals surface area contributed by atoms with Crippen LogP contribution in [0.3, 0.4) is 0 Å². The van der Waals surface area contributed by atoms with Crippen molar-refractivity contribution in [3.63, 3.8) is 0 Å². The molecular formula is C15H22N2O. The fourth-order valence-corrected chi connectivity index (χ4v) is 2.29. The summed E-state index contributed by atoms with van der Waals surface area (Å²) in [6.07, 6.45) is 2.07. The summed E-state index contributed by atoms with van der Waals surface area (Å²) in [5.41, 5.74) is 1.28. The van der Waals surface area contributed by atoms with Gasteiger partial charge in [0.1, 0.15) is 0 Å². The van der Waals surface area contributed by atoms with Crippen molar-refractivity contribution in [3.8, 4) is 0 Å². The van der Waals surface area contributed by atoms with Crippen LogP contribution in [0.4, 0.5) is 5.69 Å². The normalized spacial score (nSPS) is 16.9. The van der Waals surface area contributed by atoms with E-state index in [1.165, 1.54) is 5.69 Å². The highest BCUT2D eigenvalue weighted by atomic mass is 16.1. The standard InChI is InChI=1S/C15H22N2O/c1-12(2)15(18)16-13-8-10-17(11-9-13)14-6-4-3-5-7-14/h3-7,12-13H,8-11H2,1-2H3,(H,16,18). The Morgan fingerprint density at radius 1 is 1.22 bits per heavy atom. The minimum Gasteiger partial charge on any atom is -0.371 e. The number of piperidine rings is 1. The summed E-state index contributed by atoms with van der Waals surface area (Å²) in [4.78, 5) is 14.0. The van der Waals surface area contributed by atoms with Crippen molar-refractivity contribution in [1.82, 2.24) is 5.32 Å². The molecule has 1 saturated heterocycles. The van der Waals surface area contributed by atoms with E-state index < -0.39 is 0 Å². The van der Waals surface area contributed by atoms with Gasteiger partial charge >= 0.3 is 0 Å². The van der Waals surface area contributed by atoms with E-state index in [1.807, 2.05) is 19.9 Å². The molecule has 3 nitrogen and oxygen atoms in total. The highest BCUT2D eigenvalue weighted by molar-refractivity contribution is 5.78. The van der Waals surface area contributed by atoms with Crippen molar-refractivity contribution >= 4 is 11.6 Å². The van der Waals surface area contributed by atoms with Gasteiger partial charge in [0.05, 0.1) is 0 Å². The largest absolute Gasteiger partial charge is 0.371 e. The Morgan fingerprint density at radius 3 is 2.39 bits per heavy atom. The molecule has 0 saturated carbocycles. The van der Waals surface area contributed by atoms with Gasteiger partial charge in [0.15, 0.2) is 0 Å². The van der Waals surface area contributed by atoms with E-state index in [2.05, 4.69) is 34.5 Å². The lowest BCUT2D eigenvalue weighted by molar-refractivity contribution is -0.124. The van der Waals surface area contributed by atoms with Crippen molar-refractivity contribution in [1.29, 1.82) is 0 Å². The van der Waals surface area contributed by atoms with Crippen molar-refractivity contribution in [2.45, 2.75) is 32.7 Å². The quantitative estimate of drug-likeness (QED) is 0.888. The zero-order valence-electron chi connectivity index (χ0n) is 11.2. The lowest BCUT2D eigenvalue weighted by Gasteiger charge is -2.34. The van der Waals surface area contributed by atoms with Crippen molar-refractivity contribution in [2.24, 2.45) is 5.92 Å². The third kappa shape index (κ3) is 3.25. The number of hydrogen-bond donors (Lipinski definition) is 1. The number of nitrogens with one attached hydrogen (secondary N) is 1. The first-order valence-corrected chi connectivity index (χ1v) is 6.77. The van der Waals surface area contributed by atoms with Gasteiger partial charge in [-0.1, -0.05) is 32.0 Å². The predicted octanol–water partition coefficient (Wildman–Crippen LogP) is 2.43. The van der Waals surface area contributed by atoms with Crippen molar-refractivity contribution < 1.29 is 4.79 Å². The minimum atomic E-state index is 0.0807. The smallest absolute Gasteiger partial charge is 0.222 e. The van der Waals surface area contributed by atoms with Crippen molar-refractivity contribution in [3.05, 3.63) is 30.3 Å². The molecule has 1 aromatic carbocycles. The molecule has 2 rings (SSSR count). The summed E-state index contributed by atoms with van der Waals surface area (Å²) in [7, 11) is 0. The molecule has 1 fully saturated rings.